The third-order valence-corrected chi connectivity index (χ3v) is 1.68. The first kappa shape index (κ1) is 16.0. The molecule has 0 aliphatic carbocycles. The van der Waals surface area contributed by atoms with Gasteiger partial charge >= 0.3 is 29.6 Å². The van der Waals surface area contributed by atoms with Crippen LogP contribution in [0.4, 0.5) is 0 Å². The molecule has 86 valence electrons. The van der Waals surface area contributed by atoms with Crippen LogP contribution in [0.25, 0.3) is 0 Å². The molecule has 1 aromatic rings. The van der Waals surface area contributed by atoms with Gasteiger partial charge in [-0.05, 0) is 19.1 Å². The summed E-state index contributed by atoms with van der Waals surface area (Å²) in [5.74, 6) is -0.615. The first-order valence-corrected chi connectivity index (χ1v) is 4.76. The van der Waals surface area contributed by atoms with Crippen LogP contribution >= 0.6 is 0 Å². The van der Waals surface area contributed by atoms with Crippen molar-refractivity contribution < 1.29 is 49.0 Å². The largest absolute Gasteiger partial charge is 1.00 e. The number of ether oxygens (including phenoxy) is 1. The van der Waals surface area contributed by atoms with Crippen LogP contribution in [0, 0.1) is 0 Å². The Morgan fingerprint density at radius 2 is 1.94 bits per heavy atom. The van der Waals surface area contributed by atoms with Gasteiger partial charge in [-0.25, -0.2) is 0 Å². The zero-order valence-electron chi connectivity index (χ0n) is 9.88. The molecule has 0 fully saturated rings. The maximum absolute atomic E-state index is 10.2. The van der Waals surface area contributed by atoms with Gasteiger partial charge in [0.15, 0.2) is 6.61 Å². The fourth-order valence-corrected chi connectivity index (χ4v) is 0.893. The van der Waals surface area contributed by atoms with Gasteiger partial charge in [-0.2, -0.15) is 0 Å². The smallest absolute Gasteiger partial charge is 0.543 e. The Labute approximate surface area is 122 Å². The van der Waals surface area contributed by atoms with Crippen molar-refractivity contribution in [1.82, 2.24) is 0 Å². The maximum Gasteiger partial charge on any atom is 1.00 e. The van der Waals surface area contributed by atoms with Crippen LogP contribution in [0.5, 0.6) is 5.75 Å². The van der Waals surface area contributed by atoms with Gasteiger partial charge < -0.3 is 19.5 Å². The number of nitrogens with zero attached hydrogens (tertiary/aromatic N) is 1. The molecule has 0 heterocycles. The second-order valence-corrected chi connectivity index (χ2v) is 2.96. The molecular formula is C11H12NNaO4. The molecule has 0 aliphatic rings. The van der Waals surface area contributed by atoms with Crippen molar-refractivity contribution in [2.45, 2.75) is 6.92 Å². The number of hydrogen-bond donors (Lipinski definition) is 0. The van der Waals surface area contributed by atoms with E-state index in [0.717, 1.165) is 5.75 Å². The van der Waals surface area contributed by atoms with Crippen molar-refractivity contribution >= 4 is 11.7 Å². The number of aliphatic carboxylic acids is 1. The summed E-state index contributed by atoms with van der Waals surface area (Å²) in [6.07, 6.45) is 0. The minimum absolute atomic E-state index is 0. The minimum Gasteiger partial charge on any atom is -0.543 e. The Bertz CT molecular complexity index is 367. The topological polar surface area (TPSA) is 71.0 Å². The number of benzene rings is 1. The van der Waals surface area contributed by atoms with Crippen LogP contribution in [-0.4, -0.2) is 24.9 Å². The number of carboxylic acid groups (broad SMARTS) is 1. The average molecular weight is 245 g/mol. The van der Waals surface area contributed by atoms with Crippen molar-refractivity contribution in [2.75, 3.05) is 13.2 Å². The van der Waals surface area contributed by atoms with E-state index in [1.807, 2.05) is 30.3 Å². The van der Waals surface area contributed by atoms with Crippen LogP contribution in [-0.2, 0) is 9.63 Å². The van der Waals surface area contributed by atoms with Gasteiger partial charge in [0, 0.05) is 0 Å². The van der Waals surface area contributed by atoms with Gasteiger partial charge in [0.05, 0.1) is 11.7 Å². The quantitative estimate of drug-likeness (QED) is 0.235. The Balaban J connectivity index is 0.00000256. The normalized spacial score (nSPS) is 10.3. The monoisotopic (exact) mass is 245 g/mol. The number of para-hydroxylation sites is 1. The average Bonchev–Trinajstić information content (AvgIpc) is 2.29. The van der Waals surface area contributed by atoms with Crippen LogP contribution < -0.4 is 39.4 Å². The SMILES string of the molecule is CC(=NOCCOc1ccccc1)C(=O)[O-].[Na+]. The predicted octanol–water partition coefficient (Wildman–Crippen LogP) is -2.79. The Hall–Kier alpha value is -1.04. The Kier molecular flexibility index (Phi) is 8.49. The summed E-state index contributed by atoms with van der Waals surface area (Å²) >= 11 is 0. The molecule has 0 spiro atoms. The molecule has 0 N–H and O–H groups in total. The van der Waals surface area contributed by atoms with E-state index in [1.54, 1.807) is 0 Å². The zero-order valence-corrected chi connectivity index (χ0v) is 11.9. The van der Waals surface area contributed by atoms with E-state index in [9.17, 15) is 9.90 Å². The van der Waals surface area contributed by atoms with E-state index >= 15 is 0 Å². The molecule has 17 heavy (non-hydrogen) atoms. The molecule has 1 rings (SSSR count). The standard InChI is InChI=1S/C11H13NO4.Na/c1-9(11(13)14)12-16-8-7-15-10-5-3-2-4-6-10;/h2-6H,7-8H2,1H3,(H,13,14);/q;+1/p-1. The number of hydrogen-bond acceptors (Lipinski definition) is 5. The molecule has 0 saturated carbocycles. The molecule has 0 bridgehead atoms. The van der Waals surface area contributed by atoms with Crippen molar-refractivity contribution in [3.8, 4) is 5.75 Å². The summed E-state index contributed by atoms with van der Waals surface area (Å²) in [5.41, 5.74) is -0.195. The number of oxime groups is 1. The van der Waals surface area contributed by atoms with E-state index in [1.165, 1.54) is 6.92 Å². The molecule has 5 nitrogen and oxygen atoms in total. The van der Waals surface area contributed by atoms with E-state index in [0.29, 0.717) is 6.61 Å². The summed E-state index contributed by atoms with van der Waals surface area (Å²) in [6.45, 7) is 1.78. The second-order valence-electron chi connectivity index (χ2n) is 2.96. The summed E-state index contributed by atoms with van der Waals surface area (Å²) in [7, 11) is 0. The van der Waals surface area contributed by atoms with E-state index in [-0.39, 0.29) is 41.9 Å². The molecule has 1 aromatic carbocycles. The molecule has 0 unspecified atom stereocenters. The van der Waals surface area contributed by atoms with Crippen LogP contribution in [0.1, 0.15) is 6.92 Å². The summed E-state index contributed by atoms with van der Waals surface area (Å²) < 4.78 is 5.29. The van der Waals surface area contributed by atoms with E-state index < -0.39 is 5.97 Å². The molecule has 0 aliphatic heterocycles. The molecule has 0 atom stereocenters. The predicted molar refractivity (Wildman–Crippen MR) is 56.0 cm³/mol. The molecular weight excluding hydrogens is 233 g/mol. The van der Waals surface area contributed by atoms with Gasteiger partial charge in [-0.1, -0.05) is 23.4 Å². The summed E-state index contributed by atoms with van der Waals surface area (Å²) in [4.78, 5) is 15.0. The van der Waals surface area contributed by atoms with Crippen molar-refractivity contribution in [2.24, 2.45) is 5.16 Å². The molecule has 0 aromatic heterocycles. The third kappa shape index (κ3) is 6.99. The van der Waals surface area contributed by atoms with Gasteiger partial charge in [-0.15, -0.1) is 0 Å². The Morgan fingerprint density at radius 1 is 1.29 bits per heavy atom. The maximum atomic E-state index is 10.2. The zero-order chi connectivity index (χ0) is 11.8. The Morgan fingerprint density at radius 3 is 2.53 bits per heavy atom. The van der Waals surface area contributed by atoms with Gasteiger partial charge in [0.1, 0.15) is 12.4 Å². The molecule has 0 radical (unpaired) electrons. The molecule has 0 saturated heterocycles. The summed E-state index contributed by atoms with van der Waals surface area (Å²) in [6, 6.07) is 9.23. The fourth-order valence-electron chi connectivity index (χ4n) is 0.893. The number of carbonyl (C=O) groups is 1. The van der Waals surface area contributed by atoms with Crippen molar-refractivity contribution in [1.29, 1.82) is 0 Å². The van der Waals surface area contributed by atoms with Crippen molar-refractivity contribution in [3.63, 3.8) is 0 Å². The number of rotatable bonds is 6. The van der Waals surface area contributed by atoms with Gasteiger partial charge in [-0.3, -0.25) is 0 Å². The van der Waals surface area contributed by atoms with Gasteiger partial charge in [0.25, 0.3) is 0 Å². The van der Waals surface area contributed by atoms with Gasteiger partial charge in [0.2, 0.25) is 0 Å². The van der Waals surface area contributed by atoms with Crippen LogP contribution in [0.2, 0.25) is 0 Å². The first-order chi connectivity index (χ1) is 7.70. The van der Waals surface area contributed by atoms with Crippen LogP contribution in [0.15, 0.2) is 35.5 Å². The minimum atomic E-state index is -1.34. The second kappa shape index (κ2) is 9.04. The molecule has 0 amide bonds. The molecule has 6 heteroatoms. The van der Waals surface area contributed by atoms with Crippen molar-refractivity contribution in [3.05, 3.63) is 30.3 Å². The number of carboxylic acids is 1. The summed E-state index contributed by atoms with van der Waals surface area (Å²) in [5, 5.41) is 13.6. The third-order valence-electron chi connectivity index (χ3n) is 1.68. The first-order valence-electron chi connectivity index (χ1n) is 4.76. The fraction of sp³-hybridized carbons (Fsp3) is 0.273. The van der Waals surface area contributed by atoms with E-state index in [2.05, 4.69) is 5.16 Å². The van der Waals surface area contributed by atoms with Crippen LogP contribution in [0.3, 0.4) is 0 Å². The number of carbonyl (C=O) groups excluding carboxylic acids is 1. The van der Waals surface area contributed by atoms with E-state index in [4.69, 9.17) is 9.57 Å².